The molecule has 0 saturated carbocycles. The molecule has 7 nitrogen and oxygen atoms in total. The summed E-state index contributed by atoms with van der Waals surface area (Å²) in [5.74, 6) is 0.0933. The van der Waals surface area contributed by atoms with Gasteiger partial charge in [-0.2, -0.15) is 0 Å². The summed E-state index contributed by atoms with van der Waals surface area (Å²) in [4.78, 5) is 25.1. The molecule has 150 valence electrons. The van der Waals surface area contributed by atoms with Crippen LogP contribution in [-0.2, 0) is 16.1 Å². The Labute approximate surface area is 167 Å². The summed E-state index contributed by atoms with van der Waals surface area (Å²) in [6, 6.07) is 12.2. The van der Waals surface area contributed by atoms with Gasteiger partial charge in [-0.1, -0.05) is 18.2 Å². The first-order chi connectivity index (χ1) is 14.2. The van der Waals surface area contributed by atoms with E-state index in [0.717, 1.165) is 11.8 Å². The van der Waals surface area contributed by atoms with E-state index in [9.17, 15) is 9.59 Å². The van der Waals surface area contributed by atoms with E-state index in [4.69, 9.17) is 23.4 Å². The quantitative estimate of drug-likeness (QED) is 0.463. The number of hydrogen-bond acceptors (Lipinski definition) is 7. The lowest BCUT2D eigenvalue weighted by molar-refractivity contribution is 0.0441. The zero-order valence-corrected chi connectivity index (χ0v) is 15.9. The Morgan fingerprint density at radius 3 is 2.66 bits per heavy atom. The Morgan fingerprint density at radius 1 is 1.03 bits per heavy atom. The summed E-state index contributed by atoms with van der Waals surface area (Å²) in [6.07, 6.45) is 0.775. The highest BCUT2D eigenvalue weighted by Gasteiger charge is 2.23. The van der Waals surface area contributed by atoms with Gasteiger partial charge < -0.3 is 23.4 Å². The van der Waals surface area contributed by atoms with Gasteiger partial charge in [-0.25, -0.2) is 4.79 Å². The molecule has 0 saturated heterocycles. The van der Waals surface area contributed by atoms with Crippen LogP contribution in [0.2, 0.25) is 0 Å². The number of Topliss-reactive ketones (excluding diaryl/α,β-unsaturated/α-hetero) is 1. The third-order valence-electron chi connectivity index (χ3n) is 4.58. The predicted molar refractivity (Wildman–Crippen MR) is 104 cm³/mol. The van der Waals surface area contributed by atoms with Gasteiger partial charge in [0.2, 0.25) is 5.76 Å². The van der Waals surface area contributed by atoms with Crippen molar-refractivity contribution < 1.29 is 33.0 Å². The second-order valence-corrected chi connectivity index (χ2v) is 6.55. The molecule has 3 aromatic rings. The number of carbonyl (C=O) groups is 2. The fourth-order valence-corrected chi connectivity index (χ4v) is 3.17. The molecule has 0 aliphatic carbocycles. The maximum absolute atomic E-state index is 12.6. The second kappa shape index (κ2) is 8.36. The molecule has 0 amide bonds. The lowest BCUT2D eigenvalue weighted by Crippen LogP contribution is -2.15. The molecule has 2 aromatic carbocycles. The highest BCUT2D eigenvalue weighted by Crippen LogP contribution is 2.31. The number of carbonyl (C=O) groups excluding carboxylic acids is 2. The van der Waals surface area contributed by atoms with Crippen molar-refractivity contribution in [2.75, 3.05) is 26.9 Å². The van der Waals surface area contributed by atoms with E-state index in [0.29, 0.717) is 41.4 Å². The van der Waals surface area contributed by atoms with Crippen molar-refractivity contribution in [3.8, 4) is 11.5 Å². The largest absolute Gasteiger partial charge is 0.490 e. The minimum atomic E-state index is -0.712. The van der Waals surface area contributed by atoms with Gasteiger partial charge in [0.25, 0.3) is 0 Å². The topological polar surface area (TPSA) is 84.2 Å². The van der Waals surface area contributed by atoms with Gasteiger partial charge in [0.15, 0.2) is 23.9 Å². The predicted octanol–water partition coefficient (Wildman–Crippen LogP) is 3.78. The molecule has 0 radical (unpaired) electrons. The third-order valence-corrected chi connectivity index (χ3v) is 4.58. The van der Waals surface area contributed by atoms with Crippen LogP contribution in [0.3, 0.4) is 0 Å². The molecule has 0 bridgehead atoms. The van der Waals surface area contributed by atoms with Crippen molar-refractivity contribution in [3.63, 3.8) is 0 Å². The average molecular weight is 396 g/mol. The van der Waals surface area contributed by atoms with E-state index in [1.165, 1.54) is 7.11 Å². The van der Waals surface area contributed by atoms with E-state index >= 15 is 0 Å². The summed E-state index contributed by atoms with van der Waals surface area (Å²) in [7, 11) is 1.53. The number of para-hydroxylation sites is 1. The van der Waals surface area contributed by atoms with Crippen LogP contribution < -0.4 is 9.47 Å². The van der Waals surface area contributed by atoms with Gasteiger partial charge in [0, 0.05) is 30.0 Å². The van der Waals surface area contributed by atoms with Crippen molar-refractivity contribution in [2.45, 2.75) is 13.0 Å². The van der Waals surface area contributed by atoms with Crippen LogP contribution in [0.4, 0.5) is 0 Å². The Morgan fingerprint density at radius 2 is 1.83 bits per heavy atom. The Hall–Kier alpha value is -3.32. The molecule has 0 N–H and O–H groups in total. The molecule has 1 aliphatic heterocycles. The van der Waals surface area contributed by atoms with Gasteiger partial charge in [-0.15, -0.1) is 0 Å². The van der Waals surface area contributed by atoms with Gasteiger partial charge in [-0.3, -0.25) is 4.79 Å². The van der Waals surface area contributed by atoms with Crippen LogP contribution in [0.15, 0.2) is 46.9 Å². The van der Waals surface area contributed by atoms with Crippen molar-refractivity contribution in [3.05, 3.63) is 59.4 Å². The summed E-state index contributed by atoms with van der Waals surface area (Å²) in [5, 5.41) is 0.774. The van der Waals surface area contributed by atoms with Crippen LogP contribution >= 0.6 is 0 Å². The fourth-order valence-electron chi connectivity index (χ4n) is 3.17. The summed E-state index contributed by atoms with van der Waals surface area (Å²) < 4.78 is 27.2. The van der Waals surface area contributed by atoms with E-state index in [1.807, 2.05) is 18.2 Å². The number of furan rings is 1. The molecule has 0 fully saturated rings. The van der Waals surface area contributed by atoms with E-state index in [2.05, 4.69) is 0 Å². The molecule has 0 atom stereocenters. The number of rotatable bonds is 6. The van der Waals surface area contributed by atoms with Crippen molar-refractivity contribution in [1.29, 1.82) is 0 Å². The van der Waals surface area contributed by atoms with Gasteiger partial charge in [0.05, 0.1) is 19.8 Å². The monoisotopic (exact) mass is 396 g/mol. The van der Waals surface area contributed by atoms with E-state index in [1.54, 1.807) is 24.3 Å². The zero-order chi connectivity index (χ0) is 20.2. The number of esters is 1. The first-order valence-corrected chi connectivity index (χ1v) is 9.26. The smallest absolute Gasteiger partial charge is 0.375 e. The normalized spacial score (nSPS) is 13.1. The molecule has 7 heteroatoms. The number of ether oxygens (including phenoxy) is 4. The zero-order valence-electron chi connectivity index (χ0n) is 15.9. The fraction of sp³-hybridized carbons (Fsp3) is 0.273. The third kappa shape index (κ3) is 3.95. The lowest BCUT2D eigenvalue weighted by Gasteiger charge is -2.09. The first-order valence-electron chi connectivity index (χ1n) is 9.26. The average Bonchev–Trinajstić information content (AvgIpc) is 2.94. The van der Waals surface area contributed by atoms with Gasteiger partial charge in [-0.05, 0) is 24.3 Å². The molecular weight excluding hydrogens is 376 g/mol. The van der Waals surface area contributed by atoms with Crippen molar-refractivity contribution >= 4 is 22.7 Å². The van der Waals surface area contributed by atoms with Crippen molar-refractivity contribution in [2.24, 2.45) is 0 Å². The lowest BCUT2D eigenvalue weighted by atomic mass is 10.1. The molecule has 2 heterocycles. The molecular formula is C22H20O7. The van der Waals surface area contributed by atoms with Gasteiger partial charge in [0.1, 0.15) is 5.58 Å². The SMILES string of the molecule is COCc1c(C(=O)OCC(=O)c2ccc3c(c2)OCCCO3)oc2ccccc12. The summed E-state index contributed by atoms with van der Waals surface area (Å²) in [5.41, 5.74) is 1.53. The van der Waals surface area contributed by atoms with Crippen LogP contribution in [0, 0.1) is 0 Å². The molecule has 1 aliphatic rings. The van der Waals surface area contributed by atoms with Crippen LogP contribution in [0.25, 0.3) is 11.0 Å². The maximum atomic E-state index is 12.6. The number of hydrogen-bond donors (Lipinski definition) is 0. The number of benzene rings is 2. The Balaban J connectivity index is 1.48. The number of fused-ring (bicyclic) bond motifs is 2. The van der Waals surface area contributed by atoms with E-state index in [-0.39, 0.29) is 18.2 Å². The van der Waals surface area contributed by atoms with Crippen LogP contribution in [0.1, 0.15) is 32.9 Å². The first kappa shape index (κ1) is 19.0. The van der Waals surface area contributed by atoms with Gasteiger partial charge >= 0.3 is 5.97 Å². The Bertz CT molecular complexity index is 1050. The summed E-state index contributed by atoms with van der Waals surface area (Å²) >= 11 is 0. The molecule has 4 rings (SSSR count). The Kier molecular flexibility index (Phi) is 5.48. The molecule has 1 aromatic heterocycles. The van der Waals surface area contributed by atoms with Crippen LogP contribution in [-0.4, -0.2) is 38.7 Å². The highest BCUT2D eigenvalue weighted by atomic mass is 16.5. The van der Waals surface area contributed by atoms with Crippen molar-refractivity contribution in [1.82, 2.24) is 0 Å². The minimum Gasteiger partial charge on any atom is -0.490 e. The summed E-state index contributed by atoms with van der Waals surface area (Å²) in [6.45, 7) is 0.868. The molecule has 29 heavy (non-hydrogen) atoms. The molecule has 0 unspecified atom stereocenters. The van der Waals surface area contributed by atoms with Crippen LogP contribution in [0.5, 0.6) is 11.5 Å². The number of methoxy groups -OCH3 is 1. The minimum absolute atomic E-state index is 0.0412. The second-order valence-electron chi connectivity index (χ2n) is 6.55. The molecule has 0 spiro atoms. The number of ketones is 1. The highest BCUT2D eigenvalue weighted by molar-refractivity contribution is 6.01. The van der Waals surface area contributed by atoms with E-state index < -0.39 is 12.6 Å². The standard InChI is InChI=1S/C22H20O7/c1-25-12-16-15-5-2-3-6-18(15)29-21(16)22(24)28-13-17(23)14-7-8-19-20(11-14)27-10-4-9-26-19/h2-3,5-8,11H,4,9-10,12-13H2,1H3. The maximum Gasteiger partial charge on any atom is 0.375 e.